The van der Waals surface area contributed by atoms with Gasteiger partial charge in [0.05, 0.1) is 23.2 Å². The smallest absolute Gasteiger partial charge is 0.225 e. The van der Waals surface area contributed by atoms with Gasteiger partial charge in [-0.1, -0.05) is 6.42 Å². The molecule has 2 aliphatic carbocycles. The molecule has 0 bridgehead atoms. The van der Waals surface area contributed by atoms with Gasteiger partial charge in [0.1, 0.15) is 5.82 Å². The second-order valence-electron chi connectivity index (χ2n) is 7.84. The summed E-state index contributed by atoms with van der Waals surface area (Å²) in [5.74, 6) is 1.59. The highest BCUT2D eigenvalue weighted by Gasteiger charge is 2.34. The van der Waals surface area contributed by atoms with Gasteiger partial charge in [0, 0.05) is 24.4 Å². The van der Waals surface area contributed by atoms with E-state index < -0.39 is 9.84 Å². The first-order valence-corrected chi connectivity index (χ1v) is 11.1. The number of anilines is 1. The molecular weight excluding hydrogens is 376 g/mol. The zero-order valence-electron chi connectivity index (χ0n) is 14.8. The first-order valence-electron chi connectivity index (χ1n) is 9.26. The molecule has 1 saturated heterocycles. The number of nitrogens with two attached hydrogens (primary N) is 1. The van der Waals surface area contributed by atoms with Crippen LogP contribution in [0.3, 0.4) is 0 Å². The molecule has 3 atom stereocenters. The summed E-state index contributed by atoms with van der Waals surface area (Å²) in [4.78, 5) is 12.5. The van der Waals surface area contributed by atoms with E-state index in [4.69, 9.17) is 5.73 Å². The summed E-state index contributed by atoms with van der Waals surface area (Å²) in [7, 11) is -3.00. The summed E-state index contributed by atoms with van der Waals surface area (Å²) in [5, 5.41) is 7.61. The summed E-state index contributed by atoms with van der Waals surface area (Å²) in [6.07, 6.45) is 6.29. The van der Waals surface area contributed by atoms with Crippen molar-refractivity contribution in [3.63, 3.8) is 0 Å². The number of carbonyl (C=O) groups is 1. The summed E-state index contributed by atoms with van der Waals surface area (Å²) in [5.41, 5.74) is 7.04. The van der Waals surface area contributed by atoms with Gasteiger partial charge in [-0.05, 0) is 38.0 Å². The molecule has 1 aliphatic heterocycles. The number of nitrogens with zero attached hydrogens (tertiary/aromatic N) is 2. The standard InChI is InChI=1S/C17H26N4O3S.ClH/c18-14-3-1-2-12(14)8-17(22)19-16-9-15(11-4-5-11)20-21(16)13-6-7-25(23,24)10-13;/h9,11-14H,1-8,10,18H2,(H,19,22);1H/t12-,13?,14+;/m0./s1. The summed E-state index contributed by atoms with van der Waals surface area (Å²) in [6, 6.07) is 1.86. The van der Waals surface area contributed by atoms with E-state index in [1.165, 1.54) is 0 Å². The number of aromatic nitrogens is 2. The van der Waals surface area contributed by atoms with E-state index in [0.29, 0.717) is 24.6 Å². The van der Waals surface area contributed by atoms with Crippen LogP contribution in [-0.4, -0.2) is 41.7 Å². The Bertz CT molecular complexity index is 775. The highest BCUT2D eigenvalue weighted by Crippen LogP contribution is 2.41. The number of rotatable bonds is 5. The van der Waals surface area contributed by atoms with Gasteiger partial charge < -0.3 is 11.1 Å². The number of hydrogen-bond acceptors (Lipinski definition) is 5. The molecule has 26 heavy (non-hydrogen) atoms. The van der Waals surface area contributed by atoms with E-state index >= 15 is 0 Å². The van der Waals surface area contributed by atoms with Crippen LogP contribution in [0.4, 0.5) is 5.82 Å². The number of carbonyl (C=O) groups excluding carboxylic acids is 1. The van der Waals surface area contributed by atoms with Crippen molar-refractivity contribution in [1.82, 2.24) is 9.78 Å². The first kappa shape index (κ1) is 19.6. The Morgan fingerprint density at radius 3 is 2.62 bits per heavy atom. The Balaban J connectivity index is 0.00000196. The summed E-state index contributed by atoms with van der Waals surface area (Å²) >= 11 is 0. The lowest BCUT2D eigenvalue weighted by molar-refractivity contribution is -0.117. The third kappa shape index (κ3) is 4.23. The molecule has 0 aromatic carbocycles. The van der Waals surface area contributed by atoms with E-state index in [1.807, 2.05) is 6.07 Å². The average Bonchev–Trinajstić information content (AvgIpc) is 3.05. The number of amides is 1. The molecule has 2 saturated carbocycles. The maximum atomic E-state index is 12.5. The third-order valence-electron chi connectivity index (χ3n) is 5.74. The van der Waals surface area contributed by atoms with E-state index in [1.54, 1.807) is 4.68 Å². The van der Waals surface area contributed by atoms with Crippen LogP contribution in [0.2, 0.25) is 0 Å². The molecule has 0 spiro atoms. The van der Waals surface area contributed by atoms with Crippen molar-refractivity contribution in [2.75, 3.05) is 16.8 Å². The van der Waals surface area contributed by atoms with Gasteiger partial charge >= 0.3 is 0 Å². The Hall–Kier alpha value is -1.12. The molecule has 2 heterocycles. The lowest BCUT2D eigenvalue weighted by Gasteiger charge is -2.17. The van der Waals surface area contributed by atoms with Crippen LogP contribution in [0, 0.1) is 5.92 Å². The lowest BCUT2D eigenvalue weighted by atomic mass is 10.00. The molecule has 1 aromatic rings. The molecule has 3 N–H and O–H groups in total. The molecule has 1 aromatic heterocycles. The van der Waals surface area contributed by atoms with Crippen molar-refractivity contribution in [2.24, 2.45) is 11.7 Å². The van der Waals surface area contributed by atoms with Gasteiger partial charge in [-0.3, -0.25) is 4.79 Å². The Kier molecular flexibility index (Phi) is 5.65. The topological polar surface area (TPSA) is 107 Å². The molecule has 4 rings (SSSR count). The Labute approximate surface area is 160 Å². The van der Waals surface area contributed by atoms with Crippen LogP contribution in [0.15, 0.2) is 6.07 Å². The fourth-order valence-electron chi connectivity index (χ4n) is 4.08. The van der Waals surface area contributed by atoms with Gasteiger partial charge in [-0.15, -0.1) is 12.4 Å². The number of hydrogen-bond donors (Lipinski definition) is 2. The van der Waals surface area contributed by atoms with E-state index in [9.17, 15) is 13.2 Å². The van der Waals surface area contributed by atoms with Gasteiger partial charge in [-0.2, -0.15) is 5.10 Å². The molecule has 146 valence electrons. The number of halogens is 1. The second kappa shape index (κ2) is 7.48. The predicted molar refractivity (Wildman–Crippen MR) is 102 cm³/mol. The average molecular weight is 403 g/mol. The van der Waals surface area contributed by atoms with Crippen LogP contribution in [0.1, 0.15) is 62.6 Å². The van der Waals surface area contributed by atoms with Gasteiger partial charge in [0.2, 0.25) is 5.91 Å². The Morgan fingerprint density at radius 1 is 1.27 bits per heavy atom. The summed E-state index contributed by atoms with van der Waals surface area (Å²) in [6.45, 7) is 0. The number of sulfone groups is 1. The maximum Gasteiger partial charge on any atom is 0.225 e. The molecular formula is C17H27ClN4O3S. The monoisotopic (exact) mass is 402 g/mol. The molecule has 3 fully saturated rings. The largest absolute Gasteiger partial charge is 0.327 e. The van der Waals surface area contributed by atoms with Crippen LogP contribution in [-0.2, 0) is 14.6 Å². The normalized spacial score (nSPS) is 30.1. The van der Waals surface area contributed by atoms with Crippen molar-refractivity contribution in [3.05, 3.63) is 11.8 Å². The SMILES string of the molecule is Cl.N[C@@H]1CCC[C@H]1CC(=O)Nc1cc(C2CC2)nn1C1CCS(=O)(=O)C1. The maximum absolute atomic E-state index is 12.5. The molecule has 0 radical (unpaired) electrons. The summed E-state index contributed by atoms with van der Waals surface area (Å²) < 4.78 is 25.4. The molecule has 7 nitrogen and oxygen atoms in total. The fraction of sp³-hybridized carbons (Fsp3) is 0.765. The van der Waals surface area contributed by atoms with Crippen LogP contribution < -0.4 is 11.1 Å². The van der Waals surface area contributed by atoms with Crippen LogP contribution in [0.5, 0.6) is 0 Å². The van der Waals surface area contributed by atoms with E-state index in [0.717, 1.165) is 37.8 Å². The second-order valence-corrected chi connectivity index (χ2v) is 10.1. The fourth-order valence-corrected chi connectivity index (χ4v) is 5.77. The van der Waals surface area contributed by atoms with E-state index in [2.05, 4.69) is 10.4 Å². The molecule has 1 unspecified atom stereocenters. The minimum atomic E-state index is -3.00. The van der Waals surface area contributed by atoms with Crippen LogP contribution in [0.25, 0.3) is 0 Å². The zero-order valence-corrected chi connectivity index (χ0v) is 16.4. The first-order chi connectivity index (χ1) is 11.9. The third-order valence-corrected chi connectivity index (χ3v) is 7.49. The molecule has 1 amide bonds. The molecule has 9 heteroatoms. The highest BCUT2D eigenvalue weighted by molar-refractivity contribution is 7.91. The highest BCUT2D eigenvalue weighted by atomic mass is 35.5. The van der Waals surface area contributed by atoms with Crippen molar-refractivity contribution in [3.8, 4) is 0 Å². The number of nitrogens with one attached hydrogen (secondary N) is 1. The van der Waals surface area contributed by atoms with Crippen molar-refractivity contribution in [2.45, 2.75) is 62.9 Å². The minimum absolute atomic E-state index is 0. The lowest BCUT2D eigenvalue weighted by Crippen LogP contribution is -2.29. The van der Waals surface area contributed by atoms with Crippen molar-refractivity contribution in [1.29, 1.82) is 0 Å². The van der Waals surface area contributed by atoms with Crippen molar-refractivity contribution >= 4 is 34.0 Å². The van der Waals surface area contributed by atoms with Gasteiger partial charge in [0.15, 0.2) is 9.84 Å². The Morgan fingerprint density at radius 2 is 2.04 bits per heavy atom. The van der Waals surface area contributed by atoms with Gasteiger partial charge in [0.25, 0.3) is 0 Å². The minimum Gasteiger partial charge on any atom is -0.327 e. The van der Waals surface area contributed by atoms with Crippen molar-refractivity contribution < 1.29 is 13.2 Å². The van der Waals surface area contributed by atoms with E-state index in [-0.39, 0.29) is 47.8 Å². The molecule has 3 aliphatic rings. The zero-order chi connectivity index (χ0) is 17.6. The quantitative estimate of drug-likeness (QED) is 0.783. The predicted octanol–water partition coefficient (Wildman–Crippen LogP) is 2.00. The van der Waals surface area contributed by atoms with Gasteiger partial charge in [-0.25, -0.2) is 13.1 Å². The van der Waals surface area contributed by atoms with Crippen LogP contribution >= 0.6 is 12.4 Å².